The molecule has 0 atom stereocenters. The van der Waals surface area contributed by atoms with Gasteiger partial charge in [0.2, 0.25) is 5.91 Å². The third-order valence-electron chi connectivity index (χ3n) is 3.48. The molecule has 0 radical (unpaired) electrons. The fourth-order valence-electron chi connectivity index (χ4n) is 2.28. The van der Waals surface area contributed by atoms with Crippen LogP contribution >= 0.6 is 11.8 Å². The molecule has 1 saturated heterocycles. The number of carbonyl (C=O) groups excluding carboxylic acids is 1. The molecule has 4 heteroatoms. The molecule has 2 rings (SSSR count). The monoisotopic (exact) mass is 264 g/mol. The van der Waals surface area contributed by atoms with E-state index in [0.29, 0.717) is 0 Å². The average Bonchev–Trinajstić information content (AvgIpc) is 2.47. The molecule has 1 aliphatic heterocycles. The Morgan fingerprint density at radius 1 is 1.28 bits per heavy atom. The second-order valence-electron chi connectivity index (χ2n) is 4.62. The van der Waals surface area contributed by atoms with Gasteiger partial charge in [0.25, 0.3) is 0 Å². The maximum Gasteiger partial charge on any atom is 0.229 e. The zero-order chi connectivity index (χ0) is 13.0. The van der Waals surface area contributed by atoms with E-state index < -0.39 is 0 Å². The average molecular weight is 264 g/mol. The van der Waals surface area contributed by atoms with Gasteiger partial charge in [0, 0.05) is 23.5 Å². The molecule has 1 heterocycles. The molecular formula is C14H20N2OS. The van der Waals surface area contributed by atoms with Crippen LogP contribution in [-0.4, -0.2) is 32.3 Å². The molecule has 18 heavy (non-hydrogen) atoms. The molecule has 0 aliphatic carbocycles. The minimum atomic E-state index is 0.177. The van der Waals surface area contributed by atoms with Gasteiger partial charge in [-0.1, -0.05) is 0 Å². The number of hydrogen-bond donors (Lipinski definition) is 1. The third-order valence-corrected chi connectivity index (χ3v) is 4.22. The minimum absolute atomic E-state index is 0.177. The third kappa shape index (κ3) is 3.06. The SMILES string of the molecule is CSc1ccc(N(C)C(=O)C2CCNCC2)cc1. The summed E-state index contributed by atoms with van der Waals surface area (Å²) in [5.41, 5.74) is 0.983. The van der Waals surface area contributed by atoms with Crippen LogP contribution in [0.15, 0.2) is 29.2 Å². The van der Waals surface area contributed by atoms with Crippen molar-refractivity contribution in [3.8, 4) is 0 Å². The smallest absolute Gasteiger partial charge is 0.229 e. The molecule has 1 aliphatic rings. The first-order valence-corrected chi connectivity index (χ1v) is 7.57. The van der Waals surface area contributed by atoms with Gasteiger partial charge in [0.15, 0.2) is 0 Å². The van der Waals surface area contributed by atoms with E-state index in [-0.39, 0.29) is 11.8 Å². The molecule has 1 amide bonds. The van der Waals surface area contributed by atoms with Crippen LogP contribution in [0, 0.1) is 5.92 Å². The van der Waals surface area contributed by atoms with Crippen molar-refractivity contribution in [3.63, 3.8) is 0 Å². The van der Waals surface area contributed by atoms with E-state index in [1.807, 2.05) is 19.2 Å². The molecule has 0 saturated carbocycles. The summed E-state index contributed by atoms with van der Waals surface area (Å²) in [4.78, 5) is 15.4. The Morgan fingerprint density at radius 2 is 1.89 bits per heavy atom. The highest BCUT2D eigenvalue weighted by atomic mass is 32.2. The Balaban J connectivity index is 2.04. The van der Waals surface area contributed by atoms with Gasteiger partial charge in [0.05, 0.1) is 0 Å². The lowest BCUT2D eigenvalue weighted by molar-refractivity contribution is -0.122. The van der Waals surface area contributed by atoms with E-state index in [9.17, 15) is 4.79 Å². The van der Waals surface area contributed by atoms with Crippen molar-refractivity contribution in [1.82, 2.24) is 5.32 Å². The second kappa shape index (κ2) is 6.25. The maximum absolute atomic E-state index is 12.3. The molecule has 1 aromatic carbocycles. The summed E-state index contributed by atoms with van der Waals surface area (Å²) in [6.07, 6.45) is 3.96. The van der Waals surface area contributed by atoms with Gasteiger partial charge in [-0.25, -0.2) is 0 Å². The van der Waals surface area contributed by atoms with Crippen LogP contribution in [0.1, 0.15) is 12.8 Å². The topological polar surface area (TPSA) is 32.3 Å². The predicted octanol–water partition coefficient (Wildman–Crippen LogP) is 2.37. The number of anilines is 1. The highest BCUT2D eigenvalue weighted by Gasteiger charge is 2.24. The Hall–Kier alpha value is -1.00. The van der Waals surface area contributed by atoms with Crippen LogP contribution in [0.25, 0.3) is 0 Å². The molecule has 1 aromatic rings. The zero-order valence-electron chi connectivity index (χ0n) is 11.0. The van der Waals surface area contributed by atoms with Crippen molar-refractivity contribution >= 4 is 23.4 Å². The van der Waals surface area contributed by atoms with Gasteiger partial charge >= 0.3 is 0 Å². The van der Waals surface area contributed by atoms with Crippen LogP contribution in [0.3, 0.4) is 0 Å². The van der Waals surface area contributed by atoms with E-state index >= 15 is 0 Å². The van der Waals surface area contributed by atoms with E-state index in [1.54, 1.807) is 16.7 Å². The van der Waals surface area contributed by atoms with Gasteiger partial charge in [-0.3, -0.25) is 4.79 Å². The number of hydrogen-bond acceptors (Lipinski definition) is 3. The van der Waals surface area contributed by atoms with Crippen molar-refractivity contribution in [2.75, 3.05) is 31.3 Å². The van der Waals surface area contributed by atoms with Crippen LogP contribution in [0.5, 0.6) is 0 Å². The first kappa shape index (κ1) is 13.4. The van der Waals surface area contributed by atoms with E-state index in [1.165, 1.54) is 4.90 Å². The van der Waals surface area contributed by atoms with Crippen LogP contribution < -0.4 is 10.2 Å². The molecule has 0 bridgehead atoms. The van der Waals surface area contributed by atoms with Crippen molar-refractivity contribution in [1.29, 1.82) is 0 Å². The number of nitrogens with one attached hydrogen (secondary N) is 1. The first-order chi connectivity index (χ1) is 8.72. The summed E-state index contributed by atoms with van der Waals surface area (Å²) in [7, 11) is 1.87. The quantitative estimate of drug-likeness (QED) is 0.851. The number of nitrogens with zero attached hydrogens (tertiary/aromatic N) is 1. The van der Waals surface area contributed by atoms with Crippen molar-refractivity contribution in [2.24, 2.45) is 5.92 Å². The maximum atomic E-state index is 12.3. The lowest BCUT2D eigenvalue weighted by atomic mass is 9.96. The summed E-state index contributed by atoms with van der Waals surface area (Å²) in [6, 6.07) is 8.16. The standard InChI is InChI=1S/C14H20N2OS/c1-16(12-3-5-13(18-2)6-4-12)14(17)11-7-9-15-10-8-11/h3-6,11,15H,7-10H2,1-2H3. The van der Waals surface area contributed by atoms with Gasteiger partial charge < -0.3 is 10.2 Å². The lowest BCUT2D eigenvalue weighted by Gasteiger charge is -2.27. The molecule has 0 aromatic heterocycles. The Kier molecular flexibility index (Phi) is 4.66. The highest BCUT2D eigenvalue weighted by Crippen LogP contribution is 2.22. The molecule has 0 spiro atoms. The zero-order valence-corrected chi connectivity index (χ0v) is 11.8. The van der Waals surface area contributed by atoms with Crippen LogP contribution in [0.4, 0.5) is 5.69 Å². The fraction of sp³-hybridized carbons (Fsp3) is 0.500. The Bertz CT molecular complexity index is 399. The van der Waals surface area contributed by atoms with Gasteiger partial charge in [-0.2, -0.15) is 0 Å². The Morgan fingerprint density at radius 3 is 2.44 bits per heavy atom. The second-order valence-corrected chi connectivity index (χ2v) is 5.50. The molecule has 3 nitrogen and oxygen atoms in total. The number of benzene rings is 1. The number of thioether (sulfide) groups is 1. The molecule has 98 valence electrons. The first-order valence-electron chi connectivity index (χ1n) is 6.34. The predicted molar refractivity (Wildman–Crippen MR) is 77.2 cm³/mol. The number of rotatable bonds is 3. The van der Waals surface area contributed by atoms with E-state index in [0.717, 1.165) is 31.6 Å². The van der Waals surface area contributed by atoms with Gasteiger partial charge in [-0.05, 0) is 56.5 Å². The summed E-state index contributed by atoms with van der Waals surface area (Å²) in [5.74, 6) is 0.421. The number of piperidine rings is 1. The summed E-state index contributed by atoms with van der Waals surface area (Å²) in [5, 5.41) is 3.29. The Labute approximate surface area is 113 Å². The van der Waals surface area contributed by atoms with Crippen LogP contribution in [0.2, 0.25) is 0 Å². The highest BCUT2D eigenvalue weighted by molar-refractivity contribution is 7.98. The molecule has 1 N–H and O–H groups in total. The van der Waals surface area contributed by atoms with E-state index in [2.05, 4.69) is 23.7 Å². The van der Waals surface area contributed by atoms with Crippen molar-refractivity contribution in [2.45, 2.75) is 17.7 Å². The molecule has 1 fully saturated rings. The molecular weight excluding hydrogens is 244 g/mol. The summed E-state index contributed by atoms with van der Waals surface area (Å²) in [6.45, 7) is 1.91. The lowest BCUT2D eigenvalue weighted by Crippen LogP contribution is -2.39. The number of carbonyl (C=O) groups is 1. The number of amides is 1. The van der Waals surface area contributed by atoms with Gasteiger partial charge in [-0.15, -0.1) is 11.8 Å². The fourth-order valence-corrected chi connectivity index (χ4v) is 2.68. The minimum Gasteiger partial charge on any atom is -0.317 e. The normalized spacial score (nSPS) is 16.6. The van der Waals surface area contributed by atoms with Gasteiger partial charge in [0.1, 0.15) is 0 Å². The van der Waals surface area contributed by atoms with Crippen LogP contribution in [-0.2, 0) is 4.79 Å². The molecule has 0 unspecified atom stereocenters. The largest absolute Gasteiger partial charge is 0.317 e. The summed E-state index contributed by atoms with van der Waals surface area (Å²) < 4.78 is 0. The van der Waals surface area contributed by atoms with E-state index in [4.69, 9.17) is 0 Å². The van der Waals surface area contributed by atoms with Crippen molar-refractivity contribution < 1.29 is 4.79 Å². The summed E-state index contributed by atoms with van der Waals surface area (Å²) >= 11 is 1.71. The van der Waals surface area contributed by atoms with Crippen molar-refractivity contribution in [3.05, 3.63) is 24.3 Å².